The lowest BCUT2D eigenvalue weighted by Crippen LogP contribution is -2.30. The zero-order chi connectivity index (χ0) is 18.2. The number of hydrogen-bond donors (Lipinski definition) is 0. The lowest BCUT2D eigenvalue weighted by Gasteiger charge is -2.16. The molecule has 8 heteroatoms. The molecule has 3 aromatic rings. The van der Waals surface area contributed by atoms with E-state index in [1.54, 1.807) is 24.8 Å². The molecule has 136 valence electrons. The summed E-state index contributed by atoms with van der Waals surface area (Å²) in [5, 5.41) is 4.07. The van der Waals surface area contributed by atoms with E-state index >= 15 is 0 Å². The first-order valence-corrected chi connectivity index (χ1v) is 9.08. The number of likely N-dealkylation sites (tertiary alicyclic amines) is 1. The van der Waals surface area contributed by atoms with Crippen molar-refractivity contribution in [2.75, 3.05) is 13.1 Å². The lowest BCUT2D eigenvalue weighted by atomic mass is 9.90. The fraction of sp³-hybridized carbons (Fsp3) is 0.368. The second kappa shape index (κ2) is 6.53. The molecule has 1 aliphatic carbocycles. The minimum Gasteiger partial charge on any atom is -0.341 e. The second-order valence-corrected chi connectivity index (χ2v) is 7.06. The summed E-state index contributed by atoms with van der Waals surface area (Å²) in [5.41, 5.74) is 1.64. The molecule has 5 rings (SSSR count). The van der Waals surface area contributed by atoms with Crippen LogP contribution >= 0.6 is 0 Å². The van der Waals surface area contributed by atoms with Gasteiger partial charge in [-0.1, -0.05) is 11.2 Å². The molecule has 1 saturated heterocycles. The van der Waals surface area contributed by atoms with Crippen LogP contribution in [-0.2, 0) is 4.79 Å². The predicted octanol–water partition coefficient (Wildman–Crippen LogP) is 2.04. The largest absolute Gasteiger partial charge is 0.341 e. The number of aromatic nitrogens is 5. The molecule has 0 aromatic carbocycles. The molecule has 1 saturated carbocycles. The number of carbonyl (C=O) groups is 1. The van der Waals surface area contributed by atoms with E-state index in [2.05, 4.69) is 25.1 Å². The Balaban J connectivity index is 1.46. The van der Waals surface area contributed by atoms with Crippen LogP contribution in [-0.4, -0.2) is 49.0 Å². The van der Waals surface area contributed by atoms with E-state index in [0.717, 1.165) is 18.4 Å². The molecule has 0 bridgehead atoms. The van der Waals surface area contributed by atoms with Crippen molar-refractivity contribution in [3.8, 4) is 11.5 Å². The Morgan fingerprint density at radius 1 is 1.07 bits per heavy atom. The maximum atomic E-state index is 12.6. The van der Waals surface area contributed by atoms with Gasteiger partial charge in [-0.15, -0.1) is 0 Å². The highest BCUT2D eigenvalue weighted by Crippen LogP contribution is 2.41. The van der Waals surface area contributed by atoms with E-state index in [4.69, 9.17) is 4.52 Å². The van der Waals surface area contributed by atoms with Crippen molar-refractivity contribution < 1.29 is 9.32 Å². The molecule has 2 aliphatic rings. The summed E-state index contributed by atoms with van der Waals surface area (Å²) in [5.74, 6) is 1.38. The number of nitrogens with zero attached hydrogens (tertiary/aromatic N) is 6. The van der Waals surface area contributed by atoms with Gasteiger partial charge < -0.3 is 9.42 Å². The van der Waals surface area contributed by atoms with Crippen LogP contribution in [0.1, 0.15) is 36.1 Å². The average Bonchev–Trinajstić information content (AvgIpc) is 3.29. The summed E-state index contributed by atoms with van der Waals surface area (Å²) in [4.78, 5) is 31.6. The molecule has 4 heterocycles. The van der Waals surface area contributed by atoms with Gasteiger partial charge in [0.05, 0.1) is 12.1 Å². The molecule has 1 amide bonds. The highest BCUT2D eigenvalue weighted by molar-refractivity contribution is 5.81. The quantitative estimate of drug-likeness (QED) is 0.700. The molecule has 8 nitrogen and oxygen atoms in total. The molecule has 0 N–H and O–H groups in total. The zero-order valence-corrected chi connectivity index (χ0v) is 14.6. The standard InChI is InChI=1S/C19H18N6O2/c26-19(12-3-4-12)25-10-14(13-2-1-5-20-8-13)15(11-25)18-23-17(24-27-18)16-9-21-6-7-22-16/h1-2,5-9,12,14-15H,3-4,10-11H2/t14-,15+/m0/s1. The highest BCUT2D eigenvalue weighted by atomic mass is 16.5. The Morgan fingerprint density at radius 3 is 2.67 bits per heavy atom. The molecule has 0 radical (unpaired) electrons. The maximum absolute atomic E-state index is 12.6. The van der Waals surface area contributed by atoms with Gasteiger partial charge >= 0.3 is 0 Å². The van der Waals surface area contributed by atoms with Crippen LogP contribution in [0, 0.1) is 5.92 Å². The van der Waals surface area contributed by atoms with Crippen LogP contribution in [0.4, 0.5) is 0 Å². The average molecular weight is 362 g/mol. The lowest BCUT2D eigenvalue weighted by molar-refractivity contribution is -0.131. The first-order valence-electron chi connectivity index (χ1n) is 9.08. The number of amides is 1. The van der Waals surface area contributed by atoms with Crippen LogP contribution in [0.5, 0.6) is 0 Å². The van der Waals surface area contributed by atoms with Crippen LogP contribution in [0.3, 0.4) is 0 Å². The van der Waals surface area contributed by atoms with E-state index in [1.165, 1.54) is 0 Å². The van der Waals surface area contributed by atoms with Gasteiger partial charge in [0.15, 0.2) is 0 Å². The van der Waals surface area contributed by atoms with Crippen molar-refractivity contribution in [3.63, 3.8) is 0 Å². The fourth-order valence-corrected chi connectivity index (χ4v) is 3.66. The Kier molecular flexibility index (Phi) is 3.88. The minimum atomic E-state index is -0.0604. The van der Waals surface area contributed by atoms with Gasteiger partial charge in [0, 0.05) is 49.7 Å². The van der Waals surface area contributed by atoms with E-state index in [0.29, 0.717) is 30.5 Å². The van der Waals surface area contributed by atoms with Crippen LogP contribution in [0.15, 0.2) is 47.6 Å². The molecular formula is C19H18N6O2. The van der Waals surface area contributed by atoms with Gasteiger partial charge in [-0.3, -0.25) is 14.8 Å². The van der Waals surface area contributed by atoms with Gasteiger partial charge in [0.1, 0.15) is 5.69 Å². The fourth-order valence-electron chi connectivity index (χ4n) is 3.66. The summed E-state index contributed by atoms with van der Waals surface area (Å²) in [7, 11) is 0. The van der Waals surface area contributed by atoms with Crippen LogP contribution < -0.4 is 0 Å². The third-order valence-corrected chi connectivity index (χ3v) is 5.22. The van der Waals surface area contributed by atoms with Crippen molar-refractivity contribution in [2.45, 2.75) is 24.7 Å². The normalized spacial score (nSPS) is 22.1. The first kappa shape index (κ1) is 16.0. The molecular weight excluding hydrogens is 344 g/mol. The molecule has 2 atom stereocenters. The Labute approximate surface area is 155 Å². The van der Waals surface area contributed by atoms with Crippen LogP contribution in [0.2, 0.25) is 0 Å². The summed E-state index contributed by atoms with van der Waals surface area (Å²) in [6.45, 7) is 1.23. The Hall–Kier alpha value is -3.16. The number of hydrogen-bond acceptors (Lipinski definition) is 7. The molecule has 0 unspecified atom stereocenters. The van der Waals surface area contributed by atoms with Gasteiger partial charge in [0.25, 0.3) is 0 Å². The zero-order valence-electron chi connectivity index (χ0n) is 14.6. The highest BCUT2D eigenvalue weighted by Gasteiger charge is 2.43. The molecule has 1 aliphatic heterocycles. The van der Waals surface area contributed by atoms with Crippen molar-refractivity contribution in [1.82, 2.24) is 30.0 Å². The van der Waals surface area contributed by atoms with E-state index < -0.39 is 0 Å². The maximum Gasteiger partial charge on any atom is 0.232 e. The number of carbonyl (C=O) groups excluding carboxylic acids is 1. The molecule has 0 spiro atoms. The SMILES string of the molecule is O=C(C1CC1)N1C[C@@H](c2cccnc2)[C@H](c2nc(-c3cnccn3)no2)C1. The third kappa shape index (κ3) is 3.07. The number of pyridine rings is 1. The van der Waals surface area contributed by atoms with E-state index in [1.807, 2.05) is 23.2 Å². The summed E-state index contributed by atoms with van der Waals surface area (Å²) in [6.07, 6.45) is 10.4. The monoisotopic (exact) mass is 362 g/mol. The summed E-state index contributed by atoms with van der Waals surface area (Å²) >= 11 is 0. The minimum absolute atomic E-state index is 0.0604. The molecule has 2 fully saturated rings. The van der Waals surface area contributed by atoms with Gasteiger partial charge in [-0.2, -0.15) is 4.98 Å². The number of rotatable bonds is 4. The second-order valence-electron chi connectivity index (χ2n) is 7.06. The smallest absolute Gasteiger partial charge is 0.232 e. The first-order chi connectivity index (χ1) is 13.3. The molecule has 3 aromatic heterocycles. The summed E-state index contributed by atoms with van der Waals surface area (Å²) < 4.78 is 5.57. The van der Waals surface area contributed by atoms with E-state index in [-0.39, 0.29) is 23.7 Å². The van der Waals surface area contributed by atoms with Gasteiger partial charge in [0.2, 0.25) is 17.6 Å². The molecule has 27 heavy (non-hydrogen) atoms. The third-order valence-electron chi connectivity index (χ3n) is 5.22. The van der Waals surface area contributed by atoms with Crippen molar-refractivity contribution in [3.05, 3.63) is 54.6 Å². The van der Waals surface area contributed by atoms with Gasteiger partial charge in [-0.25, -0.2) is 4.98 Å². The van der Waals surface area contributed by atoms with E-state index in [9.17, 15) is 4.79 Å². The van der Waals surface area contributed by atoms with Gasteiger partial charge in [-0.05, 0) is 24.5 Å². The van der Waals surface area contributed by atoms with Crippen molar-refractivity contribution in [1.29, 1.82) is 0 Å². The van der Waals surface area contributed by atoms with Crippen LogP contribution in [0.25, 0.3) is 11.5 Å². The van der Waals surface area contributed by atoms with Crippen molar-refractivity contribution in [2.24, 2.45) is 5.92 Å². The Bertz CT molecular complexity index is 941. The summed E-state index contributed by atoms with van der Waals surface area (Å²) in [6, 6.07) is 3.95. The predicted molar refractivity (Wildman–Crippen MR) is 94.3 cm³/mol. The Morgan fingerprint density at radius 2 is 1.93 bits per heavy atom. The van der Waals surface area contributed by atoms with Crippen molar-refractivity contribution >= 4 is 5.91 Å². The topological polar surface area (TPSA) is 97.9 Å².